The number of benzene rings is 1. The van der Waals surface area contributed by atoms with Crippen molar-refractivity contribution < 1.29 is 17.9 Å². The average molecular weight is 346 g/mol. The van der Waals surface area contributed by atoms with E-state index >= 15 is 0 Å². The van der Waals surface area contributed by atoms with E-state index in [0.29, 0.717) is 32.7 Å². The van der Waals surface area contributed by atoms with Gasteiger partial charge in [-0.1, -0.05) is 23.7 Å². The van der Waals surface area contributed by atoms with Crippen molar-refractivity contribution in [3.63, 3.8) is 0 Å². The Morgan fingerprint density at radius 1 is 1.45 bits per heavy atom. The molecule has 2 saturated heterocycles. The molecule has 0 N–H and O–H groups in total. The molecule has 122 valence electrons. The van der Waals surface area contributed by atoms with Gasteiger partial charge in [-0.2, -0.15) is 4.31 Å². The second kappa shape index (κ2) is 6.09. The molecule has 1 aromatic rings. The van der Waals surface area contributed by atoms with E-state index in [-0.39, 0.29) is 21.4 Å². The van der Waals surface area contributed by atoms with E-state index in [4.69, 9.17) is 21.1 Å². The number of ether oxygens (including phenoxy) is 2. The number of sulfonamides is 1. The summed E-state index contributed by atoms with van der Waals surface area (Å²) in [6.07, 6.45) is 1.58. The van der Waals surface area contributed by atoms with E-state index in [2.05, 4.69) is 0 Å². The van der Waals surface area contributed by atoms with Crippen LogP contribution in [-0.4, -0.2) is 52.2 Å². The zero-order valence-corrected chi connectivity index (χ0v) is 14.1. The van der Waals surface area contributed by atoms with Crippen molar-refractivity contribution in [2.75, 3.05) is 33.4 Å². The summed E-state index contributed by atoms with van der Waals surface area (Å²) < 4.78 is 38.5. The Hall–Kier alpha value is -0.660. The molecule has 3 rings (SSSR count). The second-order valence-electron chi connectivity index (χ2n) is 5.96. The second-order valence-corrected chi connectivity index (χ2v) is 8.28. The van der Waals surface area contributed by atoms with Gasteiger partial charge in [-0.05, 0) is 25.0 Å². The van der Waals surface area contributed by atoms with Gasteiger partial charge in [0.15, 0.2) is 0 Å². The average Bonchev–Trinajstić information content (AvgIpc) is 2.90. The van der Waals surface area contributed by atoms with Gasteiger partial charge in [-0.3, -0.25) is 0 Å². The fraction of sp³-hybridized carbons (Fsp3) is 0.600. The maximum absolute atomic E-state index is 12.9. The number of methoxy groups -OCH3 is 1. The Bertz CT molecular complexity index is 651. The minimum atomic E-state index is -3.60. The number of piperidine rings is 1. The summed E-state index contributed by atoms with van der Waals surface area (Å²) in [7, 11) is -1.95. The lowest BCUT2D eigenvalue weighted by Gasteiger charge is -2.42. The van der Waals surface area contributed by atoms with Crippen molar-refractivity contribution in [3.8, 4) is 0 Å². The van der Waals surface area contributed by atoms with Crippen LogP contribution in [0.3, 0.4) is 0 Å². The van der Waals surface area contributed by atoms with Crippen LogP contribution in [0.15, 0.2) is 29.2 Å². The lowest BCUT2D eigenvalue weighted by molar-refractivity contribution is -0.0358. The molecule has 22 heavy (non-hydrogen) atoms. The summed E-state index contributed by atoms with van der Waals surface area (Å²) in [5.41, 5.74) is -0.249. The molecule has 0 radical (unpaired) electrons. The van der Waals surface area contributed by atoms with Gasteiger partial charge in [-0.25, -0.2) is 8.42 Å². The maximum atomic E-state index is 12.9. The molecule has 0 unspecified atom stereocenters. The Morgan fingerprint density at radius 2 is 2.23 bits per heavy atom. The molecule has 2 heterocycles. The smallest absolute Gasteiger partial charge is 0.244 e. The highest BCUT2D eigenvalue weighted by Crippen LogP contribution is 2.42. The lowest BCUT2D eigenvalue weighted by atomic mass is 9.78. The molecule has 7 heteroatoms. The topological polar surface area (TPSA) is 55.8 Å². The Balaban J connectivity index is 1.91. The van der Waals surface area contributed by atoms with Crippen LogP contribution in [0.25, 0.3) is 0 Å². The summed E-state index contributed by atoms with van der Waals surface area (Å²) in [4.78, 5) is 0.168. The fourth-order valence-corrected chi connectivity index (χ4v) is 5.54. The molecule has 2 aliphatic rings. The summed E-state index contributed by atoms with van der Waals surface area (Å²) >= 11 is 6.08. The third-order valence-corrected chi connectivity index (χ3v) is 6.97. The highest BCUT2D eigenvalue weighted by molar-refractivity contribution is 7.89. The van der Waals surface area contributed by atoms with Crippen LogP contribution in [0.1, 0.15) is 12.8 Å². The van der Waals surface area contributed by atoms with Crippen LogP contribution in [0, 0.1) is 5.41 Å². The number of fused-ring (bicyclic) bond motifs is 1. The van der Waals surface area contributed by atoms with Gasteiger partial charge in [0.05, 0.1) is 17.7 Å². The van der Waals surface area contributed by atoms with Gasteiger partial charge in [-0.15, -0.1) is 0 Å². The van der Waals surface area contributed by atoms with Crippen LogP contribution >= 0.6 is 11.6 Å². The molecular formula is C15H20ClNO4S. The van der Waals surface area contributed by atoms with Gasteiger partial charge < -0.3 is 9.47 Å². The molecule has 0 bridgehead atoms. The lowest BCUT2D eigenvalue weighted by Crippen LogP contribution is -2.53. The molecule has 0 aromatic heterocycles. The molecule has 5 nitrogen and oxygen atoms in total. The van der Waals surface area contributed by atoms with Crippen LogP contribution in [0.2, 0.25) is 5.02 Å². The van der Waals surface area contributed by atoms with E-state index in [9.17, 15) is 8.42 Å². The zero-order chi connectivity index (χ0) is 15.8. The van der Waals surface area contributed by atoms with E-state index in [1.807, 2.05) is 0 Å². The Labute approximate surface area is 136 Å². The van der Waals surface area contributed by atoms with Gasteiger partial charge >= 0.3 is 0 Å². The molecule has 2 aliphatic heterocycles. The van der Waals surface area contributed by atoms with Gasteiger partial charge in [0.1, 0.15) is 4.90 Å². The highest BCUT2D eigenvalue weighted by atomic mass is 35.5. The van der Waals surface area contributed by atoms with E-state index in [1.54, 1.807) is 31.4 Å². The first-order valence-electron chi connectivity index (χ1n) is 7.35. The minimum Gasteiger partial charge on any atom is -0.384 e. The van der Waals surface area contributed by atoms with Crippen molar-refractivity contribution in [3.05, 3.63) is 29.3 Å². The number of nitrogens with zero attached hydrogens (tertiary/aromatic N) is 1. The highest BCUT2D eigenvalue weighted by Gasteiger charge is 2.50. The van der Waals surface area contributed by atoms with E-state index in [0.717, 1.165) is 6.42 Å². The van der Waals surface area contributed by atoms with Crippen LogP contribution in [0.5, 0.6) is 0 Å². The van der Waals surface area contributed by atoms with Crippen molar-refractivity contribution in [1.29, 1.82) is 0 Å². The summed E-state index contributed by atoms with van der Waals surface area (Å²) in [5, 5.41) is 0.257. The monoisotopic (exact) mass is 345 g/mol. The third-order valence-electron chi connectivity index (χ3n) is 4.62. The first-order valence-corrected chi connectivity index (χ1v) is 9.17. The standard InChI is InChI=1S/C15H20ClNO4S/c1-20-11-15-7-9-21-14(15)6-8-17(10-15)22(18,19)13-5-3-2-4-12(13)16/h2-5,14H,6-11H2,1H3/t14-,15+/m0/s1. The number of halogens is 1. The molecule has 0 spiro atoms. The van der Waals surface area contributed by atoms with Crippen molar-refractivity contribution in [2.24, 2.45) is 5.41 Å². The van der Waals surface area contributed by atoms with Crippen LogP contribution in [-0.2, 0) is 19.5 Å². The number of hydrogen-bond donors (Lipinski definition) is 0. The van der Waals surface area contributed by atoms with E-state index in [1.165, 1.54) is 4.31 Å². The van der Waals surface area contributed by atoms with Gasteiger partial charge in [0.25, 0.3) is 0 Å². The Morgan fingerprint density at radius 3 is 2.95 bits per heavy atom. The minimum absolute atomic E-state index is 0.0742. The predicted octanol–water partition coefficient (Wildman–Crippen LogP) is 2.16. The normalized spacial score (nSPS) is 29.5. The van der Waals surface area contributed by atoms with Crippen molar-refractivity contribution in [2.45, 2.75) is 23.8 Å². The summed E-state index contributed by atoms with van der Waals surface area (Å²) in [5.74, 6) is 0. The third kappa shape index (κ3) is 2.67. The van der Waals surface area contributed by atoms with Crippen LogP contribution in [0.4, 0.5) is 0 Å². The number of hydrogen-bond acceptors (Lipinski definition) is 4. The van der Waals surface area contributed by atoms with Crippen molar-refractivity contribution in [1.82, 2.24) is 4.31 Å². The zero-order valence-electron chi connectivity index (χ0n) is 12.5. The molecule has 2 atom stereocenters. The van der Waals surface area contributed by atoms with Gasteiger partial charge in [0, 0.05) is 32.2 Å². The molecule has 0 saturated carbocycles. The quantitative estimate of drug-likeness (QED) is 0.839. The predicted molar refractivity (Wildman–Crippen MR) is 83.5 cm³/mol. The van der Waals surface area contributed by atoms with Gasteiger partial charge in [0.2, 0.25) is 10.0 Å². The molecule has 0 amide bonds. The summed E-state index contributed by atoms with van der Waals surface area (Å²) in [6, 6.07) is 6.57. The largest absolute Gasteiger partial charge is 0.384 e. The molecule has 0 aliphatic carbocycles. The maximum Gasteiger partial charge on any atom is 0.244 e. The molecular weight excluding hydrogens is 326 g/mol. The molecule has 1 aromatic carbocycles. The SMILES string of the molecule is COC[C@]12CCO[C@H]1CCN(S(=O)(=O)c1ccccc1Cl)C2. The number of rotatable bonds is 4. The van der Waals surface area contributed by atoms with E-state index < -0.39 is 10.0 Å². The van der Waals surface area contributed by atoms with Crippen molar-refractivity contribution >= 4 is 21.6 Å². The first kappa shape index (κ1) is 16.2. The summed E-state index contributed by atoms with van der Waals surface area (Å²) in [6.45, 7) is 2.03. The Kier molecular flexibility index (Phi) is 4.49. The van der Waals surface area contributed by atoms with Crippen LogP contribution < -0.4 is 0 Å². The molecule has 2 fully saturated rings. The first-order chi connectivity index (χ1) is 10.5. The fourth-order valence-electron chi connectivity index (χ4n) is 3.50.